The minimum Gasteiger partial charge on any atom is -0.490 e. The van der Waals surface area contributed by atoms with E-state index < -0.39 is 40.7 Å². The van der Waals surface area contributed by atoms with Gasteiger partial charge in [0.15, 0.2) is 34.8 Å². The maximum absolute atomic E-state index is 14.3. The molecular formula is C26H17Cl2F5N2O3. The van der Waals surface area contributed by atoms with Crippen LogP contribution in [0, 0.1) is 29.1 Å². The van der Waals surface area contributed by atoms with Gasteiger partial charge >= 0.3 is 0 Å². The summed E-state index contributed by atoms with van der Waals surface area (Å²) in [4.78, 5) is 13.0. The number of ether oxygens (including phenoxy) is 2. The molecule has 0 unspecified atom stereocenters. The van der Waals surface area contributed by atoms with Gasteiger partial charge < -0.3 is 9.47 Å². The first-order chi connectivity index (χ1) is 18.0. The molecule has 0 saturated carbocycles. The van der Waals surface area contributed by atoms with Gasteiger partial charge in [-0.3, -0.25) is 4.79 Å². The molecule has 5 nitrogen and oxygen atoms in total. The second-order valence-electron chi connectivity index (χ2n) is 7.92. The molecule has 12 heteroatoms. The van der Waals surface area contributed by atoms with Crippen molar-refractivity contribution >= 4 is 46.6 Å². The van der Waals surface area contributed by atoms with Crippen molar-refractivity contribution in [3.63, 3.8) is 0 Å². The average Bonchev–Trinajstić information content (AvgIpc) is 3.15. The third kappa shape index (κ3) is 5.06. The lowest BCUT2D eigenvalue weighted by Gasteiger charge is -2.16. The molecule has 4 rings (SSSR count). The van der Waals surface area contributed by atoms with E-state index in [1.165, 1.54) is 25.1 Å². The number of carbonyl (C=O) groups excluding carboxylic acids is 1. The summed E-state index contributed by atoms with van der Waals surface area (Å²) in [6, 6.07) is 10.0. The monoisotopic (exact) mass is 570 g/mol. The summed E-state index contributed by atoms with van der Waals surface area (Å²) in [7, 11) is 0. The molecule has 198 valence electrons. The zero-order valence-electron chi connectivity index (χ0n) is 19.7. The van der Waals surface area contributed by atoms with E-state index in [9.17, 15) is 26.7 Å². The summed E-state index contributed by atoms with van der Waals surface area (Å²) >= 11 is 12.6. The van der Waals surface area contributed by atoms with Gasteiger partial charge in [0.25, 0.3) is 5.91 Å². The Morgan fingerprint density at radius 2 is 1.55 bits per heavy atom. The van der Waals surface area contributed by atoms with Gasteiger partial charge in [0, 0.05) is 10.6 Å². The summed E-state index contributed by atoms with van der Waals surface area (Å²) in [5.41, 5.74) is -0.661. The zero-order valence-corrected chi connectivity index (χ0v) is 21.2. The Bertz CT molecular complexity index is 1480. The van der Waals surface area contributed by atoms with Crippen molar-refractivity contribution in [1.29, 1.82) is 0 Å². The third-order valence-electron chi connectivity index (χ3n) is 5.43. The van der Waals surface area contributed by atoms with Gasteiger partial charge in [-0.2, -0.15) is 10.1 Å². The van der Waals surface area contributed by atoms with Crippen LogP contribution in [0.3, 0.4) is 0 Å². The van der Waals surface area contributed by atoms with Gasteiger partial charge in [-0.05, 0) is 43.7 Å². The van der Waals surface area contributed by atoms with Crippen LogP contribution in [0.5, 0.6) is 11.5 Å². The van der Waals surface area contributed by atoms with Crippen LogP contribution in [-0.4, -0.2) is 18.2 Å². The van der Waals surface area contributed by atoms with E-state index in [4.69, 9.17) is 32.7 Å². The van der Waals surface area contributed by atoms with Gasteiger partial charge in [0.1, 0.15) is 12.3 Å². The molecule has 1 aliphatic heterocycles. The van der Waals surface area contributed by atoms with Crippen LogP contribution in [0.1, 0.15) is 25.0 Å². The minimum atomic E-state index is -2.35. The highest BCUT2D eigenvalue weighted by molar-refractivity contribution is 6.33. The first-order valence-corrected chi connectivity index (χ1v) is 11.8. The Labute approximate surface area is 223 Å². The lowest BCUT2D eigenvalue weighted by atomic mass is 10.1. The predicted molar refractivity (Wildman–Crippen MR) is 133 cm³/mol. The molecule has 3 aromatic rings. The summed E-state index contributed by atoms with van der Waals surface area (Å²) in [5, 5.41) is 4.46. The fraction of sp³-hybridized carbons (Fsp3) is 0.154. The lowest BCUT2D eigenvalue weighted by molar-refractivity contribution is -0.114. The standard InChI is InChI=1S/C26H17Cl2F5N2O3/c1-3-37-18-10-13(9-17(28)25(18)38-11-14-6-4-5-7-16(14)27)8-15-12(2)34-35(26(15)36)24-22(32)20(30)19(29)21(31)23(24)33/h4-10H,3,11H2,1-2H3/b15-8+. The number of carbonyl (C=O) groups is 1. The molecule has 1 aliphatic rings. The van der Waals surface area contributed by atoms with Crippen molar-refractivity contribution in [3.05, 3.63) is 92.2 Å². The highest BCUT2D eigenvalue weighted by Gasteiger charge is 2.37. The third-order valence-corrected chi connectivity index (χ3v) is 6.08. The summed E-state index contributed by atoms with van der Waals surface area (Å²) in [5.74, 6) is -11.8. The lowest BCUT2D eigenvalue weighted by Crippen LogP contribution is -2.25. The Morgan fingerprint density at radius 3 is 2.18 bits per heavy atom. The van der Waals surface area contributed by atoms with E-state index in [1.54, 1.807) is 31.2 Å². The van der Waals surface area contributed by atoms with Crippen LogP contribution in [0.4, 0.5) is 27.6 Å². The van der Waals surface area contributed by atoms with Crippen LogP contribution in [-0.2, 0) is 11.4 Å². The molecule has 0 bridgehead atoms. The van der Waals surface area contributed by atoms with Crippen molar-refractivity contribution in [2.45, 2.75) is 20.5 Å². The molecule has 1 heterocycles. The molecular weight excluding hydrogens is 554 g/mol. The van der Waals surface area contributed by atoms with E-state index in [0.717, 1.165) is 0 Å². The van der Waals surface area contributed by atoms with Crippen molar-refractivity contribution < 1.29 is 36.2 Å². The summed E-state index contributed by atoms with van der Waals surface area (Å²) in [6.07, 6.45) is 1.29. The van der Waals surface area contributed by atoms with Crippen molar-refractivity contribution in [1.82, 2.24) is 0 Å². The Morgan fingerprint density at radius 1 is 0.921 bits per heavy atom. The zero-order chi connectivity index (χ0) is 27.7. The Kier molecular flexibility index (Phi) is 7.94. The number of rotatable bonds is 7. The van der Waals surface area contributed by atoms with Gasteiger partial charge in [-0.25, -0.2) is 22.0 Å². The van der Waals surface area contributed by atoms with E-state index in [-0.39, 0.29) is 46.0 Å². The molecule has 1 amide bonds. The first kappa shape index (κ1) is 27.4. The van der Waals surface area contributed by atoms with Crippen molar-refractivity contribution in [3.8, 4) is 11.5 Å². The number of hydrogen-bond donors (Lipinski definition) is 0. The fourth-order valence-corrected chi connectivity index (χ4v) is 4.09. The number of nitrogens with zero attached hydrogens (tertiary/aromatic N) is 2. The Balaban J connectivity index is 1.68. The van der Waals surface area contributed by atoms with Gasteiger partial charge in [0.05, 0.1) is 22.9 Å². The fourth-order valence-electron chi connectivity index (χ4n) is 3.62. The normalized spacial score (nSPS) is 14.3. The molecule has 0 spiro atoms. The van der Waals surface area contributed by atoms with Crippen LogP contribution in [0.25, 0.3) is 6.08 Å². The Hall–Kier alpha value is -3.63. The van der Waals surface area contributed by atoms with Crippen LogP contribution in [0.2, 0.25) is 10.0 Å². The number of halogens is 7. The van der Waals surface area contributed by atoms with Gasteiger partial charge in [-0.1, -0.05) is 41.4 Å². The van der Waals surface area contributed by atoms with Crippen molar-refractivity contribution in [2.24, 2.45) is 5.10 Å². The average molecular weight is 571 g/mol. The number of amides is 1. The van der Waals surface area contributed by atoms with Crippen LogP contribution < -0.4 is 14.5 Å². The molecule has 0 atom stereocenters. The van der Waals surface area contributed by atoms with Crippen LogP contribution in [0.15, 0.2) is 47.1 Å². The molecule has 0 N–H and O–H groups in total. The molecule has 0 aromatic heterocycles. The molecule has 3 aromatic carbocycles. The minimum absolute atomic E-state index is 0.0351. The van der Waals surface area contributed by atoms with Gasteiger partial charge in [-0.15, -0.1) is 0 Å². The number of hydrazone groups is 1. The highest BCUT2D eigenvalue weighted by atomic mass is 35.5. The highest BCUT2D eigenvalue weighted by Crippen LogP contribution is 2.39. The van der Waals surface area contributed by atoms with E-state index in [2.05, 4.69) is 5.10 Å². The molecule has 0 aliphatic carbocycles. The topological polar surface area (TPSA) is 51.1 Å². The molecule has 0 radical (unpaired) electrons. The molecule has 38 heavy (non-hydrogen) atoms. The predicted octanol–water partition coefficient (Wildman–Crippen LogP) is 7.47. The van der Waals surface area contributed by atoms with Crippen molar-refractivity contribution in [2.75, 3.05) is 11.6 Å². The largest absolute Gasteiger partial charge is 0.490 e. The SMILES string of the molecule is CCOc1cc(/C=C2/C(=O)N(c3c(F)c(F)c(F)c(F)c3F)N=C2C)cc(Cl)c1OCc1ccccc1Cl. The number of benzene rings is 3. The first-order valence-electron chi connectivity index (χ1n) is 11.0. The number of anilines is 1. The smallest absolute Gasteiger partial charge is 0.280 e. The summed E-state index contributed by atoms with van der Waals surface area (Å²) in [6.45, 7) is 3.39. The van der Waals surface area contributed by atoms with E-state index in [0.29, 0.717) is 16.1 Å². The maximum Gasteiger partial charge on any atom is 0.280 e. The van der Waals surface area contributed by atoms with E-state index in [1.807, 2.05) is 0 Å². The molecule has 0 saturated heterocycles. The second kappa shape index (κ2) is 11.0. The molecule has 0 fully saturated rings. The van der Waals surface area contributed by atoms with Crippen LogP contribution >= 0.6 is 23.2 Å². The summed E-state index contributed by atoms with van der Waals surface area (Å²) < 4.78 is 80.9. The number of hydrogen-bond acceptors (Lipinski definition) is 4. The van der Waals surface area contributed by atoms with E-state index >= 15 is 0 Å². The maximum atomic E-state index is 14.3. The van der Waals surface area contributed by atoms with Gasteiger partial charge in [0.2, 0.25) is 5.82 Å². The second-order valence-corrected chi connectivity index (χ2v) is 8.74. The quantitative estimate of drug-likeness (QED) is 0.128.